The summed E-state index contributed by atoms with van der Waals surface area (Å²) < 4.78 is 1.90. The number of aromatic nitrogens is 2. The van der Waals surface area contributed by atoms with Crippen molar-refractivity contribution in [3.05, 3.63) is 47.7 Å². The Morgan fingerprint density at radius 1 is 1.12 bits per heavy atom. The fourth-order valence-corrected chi connectivity index (χ4v) is 4.85. The Bertz CT molecular complexity index is 1000. The number of benzene rings is 1. The maximum Gasteiger partial charge on any atom is 0.223 e. The predicted molar refractivity (Wildman–Crippen MR) is 132 cm³/mol. The first-order valence-electron chi connectivity index (χ1n) is 12.2. The molecule has 4 rings (SSSR count). The Kier molecular flexibility index (Phi) is 7.47. The monoisotopic (exact) mass is 449 g/mol. The van der Waals surface area contributed by atoms with Crippen molar-refractivity contribution in [1.29, 1.82) is 0 Å². The summed E-state index contributed by atoms with van der Waals surface area (Å²) in [7, 11) is 0. The highest BCUT2D eigenvalue weighted by molar-refractivity contribution is 5.93. The van der Waals surface area contributed by atoms with Crippen molar-refractivity contribution >= 4 is 23.3 Å². The minimum Gasteiger partial charge on any atom is -0.356 e. The van der Waals surface area contributed by atoms with Crippen LogP contribution in [0.2, 0.25) is 0 Å². The van der Waals surface area contributed by atoms with E-state index in [0.717, 1.165) is 61.8 Å². The lowest BCUT2D eigenvalue weighted by Gasteiger charge is -2.33. The van der Waals surface area contributed by atoms with Crippen molar-refractivity contribution < 1.29 is 9.59 Å². The first kappa shape index (κ1) is 23.1. The number of nitrogens with zero attached hydrogens (tertiary/aromatic N) is 3. The number of rotatable bonds is 7. The number of nitrogens with one attached hydrogen (secondary N) is 2. The third kappa shape index (κ3) is 5.64. The quantitative estimate of drug-likeness (QED) is 0.616. The minimum absolute atomic E-state index is 0.0278. The van der Waals surface area contributed by atoms with Gasteiger partial charge in [-0.3, -0.25) is 9.59 Å². The molecule has 1 fully saturated rings. The number of allylic oxidation sites excluding steroid dienone is 1. The first-order chi connectivity index (χ1) is 16.0. The Morgan fingerprint density at radius 3 is 2.55 bits per heavy atom. The van der Waals surface area contributed by atoms with Gasteiger partial charge in [-0.1, -0.05) is 29.8 Å². The molecule has 2 heterocycles. The van der Waals surface area contributed by atoms with Crippen LogP contribution in [0.25, 0.3) is 5.69 Å². The second kappa shape index (κ2) is 10.7. The van der Waals surface area contributed by atoms with Crippen LogP contribution in [-0.4, -0.2) is 41.2 Å². The number of carbonyl (C=O) groups excluding carboxylic acids is 2. The number of hydrogen-bond acceptors (Lipinski definition) is 4. The highest BCUT2D eigenvalue weighted by atomic mass is 16.2. The van der Waals surface area contributed by atoms with Gasteiger partial charge in [-0.2, -0.15) is 5.10 Å². The van der Waals surface area contributed by atoms with Gasteiger partial charge >= 0.3 is 0 Å². The molecule has 1 aliphatic heterocycles. The number of amides is 2. The zero-order valence-corrected chi connectivity index (χ0v) is 19.8. The maximum atomic E-state index is 12.8. The molecule has 0 saturated carbocycles. The number of carbonyl (C=O) groups is 2. The van der Waals surface area contributed by atoms with E-state index in [1.807, 2.05) is 41.9 Å². The molecule has 2 N–H and O–H groups in total. The van der Waals surface area contributed by atoms with Gasteiger partial charge in [0, 0.05) is 32.5 Å². The molecule has 1 aromatic carbocycles. The van der Waals surface area contributed by atoms with E-state index in [9.17, 15) is 9.59 Å². The van der Waals surface area contributed by atoms with Crippen LogP contribution in [-0.2, 0) is 9.59 Å². The summed E-state index contributed by atoms with van der Waals surface area (Å²) in [6.45, 7) is 5.65. The Morgan fingerprint density at radius 2 is 1.88 bits per heavy atom. The van der Waals surface area contributed by atoms with Crippen LogP contribution in [0.3, 0.4) is 0 Å². The molecule has 0 radical (unpaired) electrons. The average Bonchev–Trinajstić information content (AvgIpc) is 3.15. The van der Waals surface area contributed by atoms with Crippen molar-refractivity contribution in [2.75, 3.05) is 29.9 Å². The number of hydrogen-bond donors (Lipinski definition) is 2. The molecule has 33 heavy (non-hydrogen) atoms. The van der Waals surface area contributed by atoms with Gasteiger partial charge in [-0.25, -0.2) is 4.68 Å². The molecule has 7 heteroatoms. The van der Waals surface area contributed by atoms with E-state index in [2.05, 4.69) is 21.6 Å². The molecule has 2 aliphatic rings. The fourth-order valence-electron chi connectivity index (χ4n) is 4.85. The van der Waals surface area contributed by atoms with Crippen LogP contribution in [0.1, 0.15) is 57.6 Å². The van der Waals surface area contributed by atoms with Crippen LogP contribution >= 0.6 is 0 Å². The van der Waals surface area contributed by atoms with Gasteiger partial charge in [0.15, 0.2) is 5.82 Å². The van der Waals surface area contributed by atoms with E-state index in [4.69, 9.17) is 5.10 Å². The van der Waals surface area contributed by atoms with E-state index in [1.54, 1.807) is 0 Å². The van der Waals surface area contributed by atoms with Crippen LogP contribution in [0.5, 0.6) is 0 Å². The second-order valence-electron chi connectivity index (χ2n) is 9.12. The van der Waals surface area contributed by atoms with E-state index in [1.165, 1.54) is 38.2 Å². The number of aryl methyl sites for hydroxylation is 1. The predicted octanol–water partition coefficient (Wildman–Crippen LogP) is 4.36. The van der Waals surface area contributed by atoms with Crippen molar-refractivity contribution in [3.8, 4) is 5.69 Å². The van der Waals surface area contributed by atoms with Gasteiger partial charge in [0.1, 0.15) is 5.69 Å². The largest absolute Gasteiger partial charge is 0.356 e. The molecule has 0 bridgehead atoms. The summed E-state index contributed by atoms with van der Waals surface area (Å²) in [5.74, 6) is 0.965. The Balaban J connectivity index is 1.42. The highest BCUT2D eigenvalue weighted by Crippen LogP contribution is 2.34. The second-order valence-corrected chi connectivity index (χ2v) is 9.12. The van der Waals surface area contributed by atoms with Gasteiger partial charge in [0.2, 0.25) is 11.8 Å². The third-order valence-electron chi connectivity index (χ3n) is 6.63. The van der Waals surface area contributed by atoms with E-state index in [0.29, 0.717) is 0 Å². The highest BCUT2D eigenvalue weighted by Gasteiger charge is 2.29. The zero-order chi connectivity index (χ0) is 23.2. The summed E-state index contributed by atoms with van der Waals surface area (Å²) in [6, 6.07) is 9.95. The molecule has 0 atom stereocenters. The summed E-state index contributed by atoms with van der Waals surface area (Å²) in [6.07, 6.45) is 9.82. The summed E-state index contributed by atoms with van der Waals surface area (Å²) in [5, 5.41) is 10.9. The van der Waals surface area contributed by atoms with Crippen molar-refractivity contribution in [3.63, 3.8) is 0 Å². The van der Waals surface area contributed by atoms with Gasteiger partial charge in [-0.15, -0.1) is 0 Å². The fraction of sp³-hybridized carbons (Fsp3) is 0.500. The van der Waals surface area contributed by atoms with Gasteiger partial charge in [0.25, 0.3) is 0 Å². The normalized spacial score (nSPS) is 16.9. The molecule has 0 unspecified atom stereocenters. The lowest BCUT2D eigenvalue weighted by molar-refractivity contribution is -0.125. The molecule has 2 aromatic rings. The number of para-hydroxylation sites is 1. The SMILES string of the molecule is CC(=O)Nc1c(C)nn(-c2ccccc2)c1N1CCC(C(=O)NCCC2=CCCCC2)CC1. The zero-order valence-electron chi connectivity index (χ0n) is 19.8. The van der Waals surface area contributed by atoms with Crippen LogP contribution < -0.4 is 15.5 Å². The molecular weight excluding hydrogens is 414 g/mol. The van der Waals surface area contributed by atoms with E-state index >= 15 is 0 Å². The van der Waals surface area contributed by atoms with Gasteiger partial charge in [-0.05, 0) is 64.0 Å². The molecule has 1 aromatic heterocycles. The standard InChI is InChI=1S/C26H35N5O2/c1-19-24(28-20(2)32)26(31(29-19)23-11-7-4-8-12-23)30-17-14-22(15-18-30)25(33)27-16-13-21-9-5-3-6-10-21/h4,7-9,11-12,22H,3,5-6,10,13-18H2,1-2H3,(H,27,33)(H,28,32). The van der Waals surface area contributed by atoms with Crippen molar-refractivity contribution in [2.45, 2.75) is 58.8 Å². The van der Waals surface area contributed by atoms with E-state index < -0.39 is 0 Å². The topological polar surface area (TPSA) is 79.3 Å². The molecular formula is C26H35N5O2. The molecule has 1 aliphatic carbocycles. The van der Waals surface area contributed by atoms with Crippen LogP contribution in [0, 0.1) is 12.8 Å². The van der Waals surface area contributed by atoms with Crippen molar-refractivity contribution in [2.24, 2.45) is 5.92 Å². The summed E-state index contributed by atoms with van der Waals surface area (Å²) >= 11 is 0. The Hall–Kier alpha value is -3.09. The van der Waals surface area contributed by atoms with Gasteiger partial charge < -0.3 is 15.5 Å². The van der Waals surface area contributed by atoms with Crippen LogP contribution in [0.15, 0.2) is 42.0 Å². The van der Waals surface area contributed by atoms with Crippen molar-refractivity contribution in [1.82, 2.24) is 15.1 Å². The molecule has 0 spiro atoms. The molecule has 1 saturated heterocycles. The molecule has 7 nitrogen and oxygen atoms in total. The summed E-state index contributed by atoms with van der Waals surface area (Å²) in [4.78, 5) is 26.9. The lowest BCUT2D eigenvalue weighted by atomic mass is 9.95. The molecule has 2 amide bonds. The Labute approximate surface area is 196 Å². The maximum absolute atomic E-state index is 12.8. The lowest BCUT2D eigenvalue weighted by Crippen LogP contribution is -2.41. The van der Waals surface area contributed by atoms with Gasteiger partial charge in [0.05, 0.1) is 11.4 Å². The van der Waals surface area contributed by atoms with Crippen LogP contribution in [0.4, 0.5) is 11.5 Å². The summed E-state index contributed by atoms with van der Waals surface area (Å²) in [5.41, 5.74) is 3.96. The molecule has 176 valence electrons. The number of piperidine rings is 1. The minimum atomic E-state index is -0.116. The average molecular weight is 450 g/mol. The third-order valence-corrected chi connectivity index (χ3v) is 6.63. The first-order valence-corrected chi connectivity index (χ1v) is 12.2. The number of anilines is 2. The smallest absolute Gasteiger partial charge is 0.223 e. The van der Waals surface area contributed by atoms with E-state index in [-0.39, 0.29) is 17.7 Å².